The van der Waals surface area contributed by atoms with Crippen molar-refractivity contribution >= 4 is 5.91 Å². The smallest absolute Gasteiger partial charge is 0.224 e. The average molecular weight is 335 g/mol. The normalized spacial score (nSPS) is 21.5. The Balaban J connectivity index is 1.35. The number of ether oxygens (including phenoxy) is 1. The van der Waals surface area contributed by atoms with Crippen molar-refractivity contribution in [3.8, 4) is 11.1 Å². The molecule has 2 aliphatic rings. The van der Waals surface area contributed by atoms with Crippen molar-refractivity contribution in [2.45, 2.75) is 38.1 Å². The minimum absolute atomic E-state index is 0.142. The highest BCUT2D eigenvalue weighted by Crippen LogP contribution is 2.48. The van der Waals surface area contributed by atoms with Gasteiger partial charge in [-0.1, -0.05) is 54.6 Å². The van der Waals surface area contributed by atoms with Crippen LogP contribution in [0.25, 0.3) is 11.1 Å². The number of nitrogens with one attached hydrogen (secondary N) is 1. The fourth-order valence-electron chi connectivity index (χ4n) is 4.17. The van der Waals surface area contributed by atoms with E-state index in [4.69, 9.17) is 4.74 Å². The Morgan fingerprint density at radius 2 is 1.64 bits per heavy atom. The first-order valence-electron chi connectivity index (χ1n) is 9.27. The van der Waals surface area contributed by atoms with Gasteiger partial charge >= 0.3 is 0 Å². The molecule has 1 aliphatic carbocycles. The highest BCUT2D eigenvalue weighted by molar-refractivity contribution is 5.79. The van der Waals surface area contributed by atoms with E-state index in [9.17, 15) is 4.79 Å². The van der Waals surface area contributed by atoms with E-state index in [1.165, 1.54) is 17.5 Å². The van der Waals surface area contributed by atoms with Crippen LogP contribution in [-0.2, 0) is 16.0 Å². The summed E-state index contributed by atoms with van der Waals surface area (Å²) >= 11 is 0. The summed E-state index contributed by atoms with van der Waals surface area (Å²) in [5.41, 5.74) is 3.77. The number of hydrogen-bond donors (Lipinski definition) is 1. The van der Waals surface area contributed by atoms with Gasteiger partial charge in [0.05, 0.1) is 6.42 Å². The summed E-state index contributed by atoms with van der Waals surface area (Å²) in [6, 6.07) is 19.0. The quantitative estimate of drug-likeness (QED) is 0.918. The third-order valence-electron chi connectivity index (χ3n) is 5.92. The molecule has 1 saturated heterocycles. The SMILES string of the molecule is O=C(Cc1ccc(-c2ccccc2)cc1)NC1CCC12CCOCC2. The molecule has 3 heteroatoms. The summed E-state index contributed by atoms with van der Waals surface area (Å²) < 4.78 is 5.48. The second-order valence-electron chi connectivity index (χ2n) is 7.37. The number of hydrogen-bond acceptors (Lipinski definition) is 2. The van der Waals surface area contributed by atoms with Crippen LogP contribution in [0.1, 0.15) is 31.2 Å². The molecule has 2 fully saturated rings. The second kappa shape index (κ2) is 7.01. The Morgan fingerprint density at radius 3 is 2.28 bits per heavy atom. The Bertz CT molecular complexity index is 717. The zero-order valence-corrected chi connectivity index (χ0v) is 14.5. The number of carbonyl (C=O) groups is 1. The van der Waals surface area contributed by atoms with Gasteiger partial charge in [0.1, 0.15) is 0 Å². The number of rotatable bonds is 4. The molecule has 1 aliphatic heterocycles. The lowest BCUT2D eigenvalue weighted by Crippen LogP contribution is -2.57. The van der Waals surface area contributed by atoms with Crippen LogP contribution in [0.2, 0.25) is 0 Å². The minimum atomic E-state index is 0.142. The molecule has 3 nitrogen and oxygen atoms in total. The van der Waals surface area contributed by atoms with Gasteiger partial charge in [0, 0.05) is 19.3 Å². The molecule has 1 unspecified atom stereocenters. The molecule has 25 heavy (non-hydrogen) atoms. The van der Waals surface area contributed by atoms with Crippen molar-refractivity contribution in [2.75, 3.05) is 13.2 Å². The Morgan fingerprint density at radius 1 is 0.960 bits per heavy atom. The molecule has 1 amide bonds. The van der Waals surface area contributed by atoms with Gasteiger partial charge in [-0.2, -0.15) is 0 Å². The van der Waals surface area contributed by atoms with E-state index in [-0.39, 0.29) is 5.91 Å². The summed E-state index contributed by atoms with van der Waals surface area (Å²) in [6.45, 7) is 1.68. The first-order valence-corrected chi connectivity index (χ1v) is 9.27. The van der Waals surface area contributed by atoms with Gasteiger partial charge in [-0.15, -0.1) is 0 Å². The van der Waals surface area contributed by atoms with Gasteiger partial charge in [0.15, 0.2) is 0 Å². The molecule has 1 atom stereocenters. The van der Waals surface area contributed by atoms with Crippen LogP contribution in [0.3, 0.4) is 0 Å². The highest BCUT2D eigenvalue weighted by atomic mass is 16.5. The van der Waals surface area contributed by atoms with Crippen molar-refractivity contribution in [1.29, 1.82) is 0 Å². The topological polar surface area (TPSA) is 38.3 Å². The lowest BCUT2D eigenvalue weighted by Gasteiger charge is -2.52. The summed E-state index contributed by atoms with van der Waals surface area (Å²) in [7, 11) is 0. The molecule has 0 radical (unpaired) electrons. The van der Waals surface area contributed by atoms with E-state index >= 15 is 0 Å². The van der Waals surface area contributed by atoms with E-state index in [1.807, 2.05) is 18.2 Å². The van der Waals surface area contributed by atoms with Crippen LogP contribution >= 0.6 is 0 Å². The van der Waals surface area contributed by atoms with Gasteiger partial charge in [-0.05, 0) is 47.8 Å². The summed E-state index contributed by atoms with van der Waals surface area (Å²) in [4.78, 5) is 12.5. The average Bonchev–Trinajstić information content (AvgIpc) is 2.67. The summed E-state index contributed by atoms with van der Waals surface area (Å²) in [5.74, 6) is 0.142. The van der Waals surface area contributed by atoms with Gasteiger partial charge in [0.25, 0.3) is 0 Å². The second-order valence-corrected chi connectivity index (χ2v) is 7.37. The molecular weight excluding hydrogens is 310 g/mol. The number of benzene rings is 2. The van der Waals surface area contributed by atoms with Crippen LogP contribution in [-0.4, -0.2) is 25.2 Å². The maximum atomic E-state index is 12.5. The van der Waals surface area contributed by atoms with Crippen LogP contribution < -0.4 is 5.32 Å². The van der Waals surface area contributed by atoms with Crippen LogP contribution in [0, 0.1) is 5.41 Å². The molecule has 0 bridgehead atoms. The number of carbonyl (C=O) groups excluding carboxylic acids is 1. The van der Waals surface area contributed by atoms with E-state index < -0.39 is 0 Å². The predicted octanol–water partition coefficient (Wildman–Crippen LogP) is 3.97. The van der Waals surface area contributed by atoms with E-state index in [2.05, 4.69) is 41.7 Å². The Kier molecular flexibility index (Phi) is 4.58. The molecule has 1 heterocycles. The number of amides is 1. The van der Waals surface area contributed by atoms with E-state index in [0.717, 1.165) is 38.0 Å². The lowest BCUT2D eigenvalue weighted by molar-refractivity contribution is -0.126. The molecule has 1 saturated carbocycles. The van der Waals surface area contributed by atoms with Crippen LogP contribution in [0.15, 0.2) is 54.6 Å². The fraction of sp³-hybridized carbons (Fsp3) is 0.409. The molecule has 130 valence electrons. The van der Waals surface area contributed by atoms with Crippen molar-refractivity contribution in [3.05, 3.63) is 60.2 Å². The van der Waals surface area contributed by atoms with Crippen LogP contribution in [0.4, 0.5) is 0 Å². The van der Waals surface area contributed by atoms with Crippen molar-refractivity contribution in [1.82, 2.24) is 5.32 Å². The Labute approximate surface area is 149 Å². The maximum Gasteiger partial charge on any atom is 0.224 e. The van der Waals surface area contributed by atoms with Crippen molar-refractivity contribution < 1.29 is 9.53 Å². The molecule has 0 aromatic heterocycles. The first-order chi connectivity index (χ1) is 12.3. The molecular formula is C22H25NO2. The molecule has 1 spiro atoms. The fourth-order valence-corrected chi connectivity index (χ4v) is 4.17. The van der Waals surface area contributed by atoms with Crippen molar-refractivity contribution in [2.24, 2.45) is 5.41 Å². The highest BCUT2D eigenvalue weighted by Gasteiger charge is 2.47. The maximum absolute atomic E-state index is 12.5. The first kappa shape index (κ1) is 16.3. The van der Waals surface area contributed by atoms with E-state index in [0.29, 0.717) is 17.9 Å². The largest absolute Gasteiger partial charge is 0.381 e. The third kappa shape index (κ3) is 3.47. The van der Waals surface area contributed by atoms with Crippen molar-refractivity contribution in [3.63, 3.8) is 0 Å². The van der Waals surface area contributed by atoms with Gasteiger partial charge in [0.2, 0.25) is 5.91 Å². The zero-order valence-electron chi connectivity index (χ0n) is 14.5. The van der Waals surface area contributed by atoms with Crippen LogP contribution in [0.5, 0.6) is 0 Å². The predicted molar refractivity (Wildman–Crippen MR) is 99.2 cm³/mol. The Hall–Kier alpha value is -2.13. The van der Waals surface area contributed by atoms with Gasteiger partial charge in [-0.3, -0.25) is 4.79 Å². The monoisotopic (exact) mass is 335 g/mol. The van der Waals surface area contributed by atoms with Gasteiger partial charge in [-0.25, -0.2) is 0 Å². The summed E-state index contributed by atoms with van der Waals surface area (Å²) in [5, 5.41) is 3.28. The molecule has 2 aromatic carbocycles. The minimum Gasteiger partial charge on any atom is -0.381 e. The molecule has 2 aromatic rings. The zero-order chi connectivity index (χ0) is 17.1. The van der Waals surface area contributed by atoms with Gasteiger partial charge < -0.3 is 10.1 Å². The van der Waals surface area contributed by atoms with E-state index in [1.54, 1.807) is 0 Å². The molecule has 1 N–H and O–H groups in total. The summed E-state index contributed by atoms with van der Waals surface area (Å²) in [6.07, 6.45) is 4.97. The third-order valence-corrected chi connectivity index (χ3v) is 5.92. The standard InChI is InChI=1S/C22H25NO2/c24-21(23-20-10-11-22(20)12-14-25-15-13-22)16-17-6-8-19(9-7-17)18-4-2-1-3-5-18/h1-9,20H,10-16H2,(H,23,24). The molecule has 4 rings (SSSR count). The lowest BCUT2D eigenvalue weighted by atomic mass is 9.60.